The number of carbonyl (C=O) groups excluding carboxylic acids is 1. The van der Waals surface area contributed by atoms with Crippen molar-refractivity contribution in [2.24, 2.45) is 0 Å². The number of nitriles is 2. The quantitative estimate of drug-likeness (QED) is 0.182. The molecule has 0 bridgehead atoms. The summed E-state index contributed by atoms with van der Waals surface area (Å²) in [5.41, 5.74) is 3.82. The van der Waals surface area contributed by atoms with E-state index in [2.05, 4.69) is 47.0 Å². The lowest BCUT2D eigenvalue weighted by molar-refractivity contribution is -0.123. The summed E-state index contributed by atoms with van der Waals surface area (Å²) in [6.07, 6.45) is 0. The first-order valence-corrected chi connectivity index (χ1v) is 14.0. The molecule has 5 aromatic rings. The van der Waals surface area contributed by atoms with Crippen LogP contribution in [0.2, 0.25) is 0 Å². The van der Waals surface area contributed by atoms with Crippen molar-refractivity contribution >= 4 is 5.91 Å². The molecule has 0 aliphatic rings. The van der Waals surface area contributed by atoms with Crippen LogP contribution in [0.25, 0.3) is 0 Å². The lowest BCUT2D eigenvalue weighted by atomic mass is 9.76. The van der Waals surface area contributed by atoms with Crippen molar-refractivity contribution in [1.29, 1.82) is 10.5 Å². The van der Waals surface area contributed by atoms with Gasteiger partial charge in [0.2, 0.25) is 5.91 Å². The summed E-state index contributed by atoms with van der Waals surface area (Å²) < 4.78 is 5.86. The van der Waals surface area contributed by atoms with E-state index < -0.39 is 11.6 Å². The molecule has 0 heterocycles. The molecule has 0 saturated carbocycles. The van der Waals surface area contributed by atoms with E-state index in [4.69, 9.17) is 10.00 Å². The maximum absolute atomic E-state index is 13.5. The van der Waals surface area contributed by atoms with E-state index in [0.29, 0.717) is 23.6 Å². The Bertz CT molecular complexity index is 1660. The third kappa shape index (κ3) is 6.47. The van der Waals surface area contributed by atoms with E-state index in [0.717, 1.165) is 22.3 Å². The summed E-state index contributed by atoms with van der Waals surface area (Å²) in [6.45, 7) is 2.22. The highest BCUT2D eigenvalue weighted by Crippen LogP contribution is 2.37. The molecule has 1 amide bonds. The van der Waals surface area contributed by atoms with Crippen LogP contribution in [-0.2, 0) is 16.9 Å². The molecule has 1 atom stereocenters. The Morgan fingerprint density at radius 3 is 1.67 bits per heavy atom. The maximum Gasteiger partial charge on any atom is 0.237 e. The second kappa shape index (κ2) is 13.3. The average Bonchev–Trinajstić information content (AvgIpc) is 3.07. The Labute approximate surface area is 251 Å². The minimum Gasteiger partial charge on any atom is -0.457 e. The lowest BCUT2D eigenvalue weighted by Crippen LogP contribution is -2.53. The monoisotopic (exact) mass is 562 g/mol. The molecule has 6 nitrogen and oxygen atoms in total. The van der Waals surface area contributed by atoms with Gasteiger partial charge in [0, 0.05) is 6.54 Å². The molecule has 0 saturated heterocycles. The minimum absolute atomic E-state index is 0.130. The van der Waals surface area contributed by atoms with E-state index in [1.807, 2.05) is 85.8 Å². The van der Waals surface area contributed by atoms with Crippen LogP contribution in [0.4, 0.5) is 0 Å². The number of benzene rings is 5. The molecule has 0 aromatic heterocycles. The van der Waals surface area contributed by atoms with E-state index in [1.54, 1.807) is 30.3 Å². The van der Waals surface area contributed by atoms with Crippen LogP contribution in [0, 0.1) is 22.7 Å². The lowest BCUT2D eigenvalue weighted by Gasteiger charge is -2.39. The maximum atomic E-state index is 13.5. The molecule has 0 fully saturated rings. The van der Waals surface area contributed by atoms with Crippen molar-refractivity contribution in [2.75, 3.05) is 0 Å². The predicted octanol–water partition coefficient (Wildman–Crippen LogP) is 6.81. The SMILES string of the molecule is CC(NC(c1ccccc1)(c1ccccc1)c1ccccc1)C(=O)NCc1ccc(Oc2ccc(C#N)c(C#N)c2)cc1. The van der Waals surface area contributed by atoms with Gasteiger partial charge in [0.25, 0.3) is 0 Å². The van der Waals surface area contributed by atoms with Gasteiger partial charge >= 0.3 is 0 Å². The van der Waals surface area contributed by atoms with Gasteiger partial charge in [-0.1, -0.05) is 103 Å². The third-order valence-corrected chi connectivity index (χ3v) is 7.30. The van der Waals surface area contributed by atoms with E-state index >= 15 is 0 Å². The zero-order valence-corrected chi connectivity index (χ0v) is 23.7. The molecule has 5 aromatic carbocycles. The number of rotatable bonds is 10. The van der Waals surface area contributed by atoms with Crippen molar-refractivity contribution in [3.05, 3.63) is 167 Å². The smallest absolute Gasteiger partial charge is 0.237 e. The Balaban J connectivity index is 1.31. The van der Waals surface area contributed by atoms with Gasteiger partial charge in [-0.05, 0) is 59.5 Å². The summed E-state index contributed by atoms with van der Waals surface area (Å²) in [6, 6.07) is 46.2. The number of ether oxygens (including phenoxy) is 1. The van der Waals surface area contributed by atoms with Gasteiger partial charge in [-0.25, -0.2) is 0 Å². The first-order chi connectivity index (χ1) is 21.0. The molecule has 5 rings (SSSR count). The van der Waals surface area contributed by atoms with Gasteiger partial charge < -0.3 is 10.1 Å². The van der Waals surface area contributed by atoms with Crippen molar-refractivity contribution in [2.45, 2.75) is 25.0 Å². The summed E-state index contributed by atoms with van der Waals surface area (Å²) in [7, 11) is 0. The average molecular weight is 563 g/mol. The highest BCUT2D eigenvalue weighted by molar-refractivity contribution is 5.81. The second-order valence-electron chi connectivity index (χ2n) is 10.1. The van der Waals surface area contributed by atoms with Crippen LogP contribution < -0.4 is 15.4 Å². The molecule has 210 valence electrons. The molecule has 0 spiro atoms. The standard InChI is InChI=1S/C37H30N4O2/c1-27(36(42)40-26-28-17-20-34(21-18-28)43-35-22-19-29(24-38)30(23-35)25-39)41-37(31-11-5-2-6-12-31,32-13-7-3-8-14-32)33-15-9-4-10-16-33/h2-23,27,41H,26H2,1H3,(H,40,42). The molecule has 0 aliphatic heterocycles. The fraction of sp³-hybridized carbons (Fsp3) is 0.108. The molecule has 6 heteroatoms. The van der Waals surface area contributed by atoms with Crippen LogP contribution in [-0.4, -0.2) is 11.9 Å². The van der Waals surface area contributed by atoms with Gasteiger partial charge in [0.1, 0.15) is 23.6 Å². The summed E-state index contributed by atoms with van der Waals surface area (Å²) in [5.74, 6) is 0.918. The number of nitrogens with one attached hydrogen (secondary N) is 2. The summed E-state index contributed by atoms with van der Waals surface area (Å²) >= 11 is 0. The Morgan fingerprint density at radius 2 is 1.19 bits per heavy atom. The molecule has 1 unspecified atom stereocenters. The molecule has 0 radical (unpaired) electrons. The predicted molar refractivity (Wildman–Crippen MR) is 166 cm³/mol. The Hall–Kier alpha value is -5.69. The molecule has 0 aliphatic carbocycles. The zero-order chi connectivity index (χ0) is 30.1. The van der Waals surface area contributed by atoms with Crippen molar-refractivity contribution in [3.8, 4) is 23.6 Å². The van der Waals surface area contributed by atoms with Gasteiger partial charge in [-0.15, -0.1) is 0 Å². The summed E-state index contributed by atoms with van der Waals surface area (Å²) in [5, 5.41) is 25.1. The van der Waals surface area contributed by atoms with Gasteiger partial charge in [-0.2, -0.15) is 10.5 Å². The molecular weight excluding hydrogens is 532 g/mol. The molecular formula is C37H30N4O2. The normalized spacial score (nSPS) is 11.5. The van der Waals surface area contributed by atoms with Crippen molar-refractivity contribution in [1.82, 2.24) is 10.6 Å². The summed E-state index contributed by atoms with van der Waals surface area (Å²) in [4.78, 5) is 13.5. The number of amides is 1. The Kier molecular flexibility index (Phi) is 8.93. The van der Waals surface area contributed by atoms with Crippen LogP contribution in [0.1, 0.15) is 40.3 Å². The van der Waals surface area contributed by atoms with Crippen molar-refractivity contribution in [3.63, 3.8) is 0 Å². The van der Waals surface area contributed by atoms with E-state index in [1.165, 1.54) is 0 Å². The number of carbonyl (C=O) groups is 1. The van der Waals surface area contributed by atoms with Gasteiger partial charge in [0.15, 0.2) is 0 Å². The molecule has 43 heavy (non-hydrogen) atoms. The zero-order valence-electron chi connectivity index (χ0n) is 23.7. The minimum atomic E-state index is -0.754. The van der Waals surface area contributed by atoms with Crippen LogP contribution in [0.3, 0.4) is 0 Å². The van der Waals surface area contributed by atoms with E-state index in [9.17, 15) is 10.1 Å². The topological polar surface area (TPSA) is 97.9 Å². The third-order valence-electron chi connectivity index (χ3n) is 7.30. The largest absolute Gasteiger partial charge is 0.457 e. The Morgan fingerprint density at radius 1 is 0.698 bits per heavy atom. The number of hydrogen-bond acceptors (Lipinski definition) is 5. The molecule has 2 N–H and O–H groups in total. The van der Waals surface area contributed by atoms with Crippen LogP contribution in [0.5, 0.6) is 11.5 Å². The van der Waals surface area contributed by atoms with Crippen molar-refractivity contribution < 1.29 is 9.53 Å². The second-order valence-corrected chi connectivity index (χ2v) is 10.1. The van der Waals surface area contributed by atoms with E-state index in [-0.39, 0.29) is 11.5 Å². The first-order valence-electron chi connectivity index (χ1n) is 14.0. The van der Waals surface area contributed by atoms with Gasteiger partial charge in [-0.3, -0.25) is 10.1 Å². The highest BCUT2D eigenvalue weighted by atomic mass is 16.5. The highest BCUT2D eigenvalue weighted by Gasteiger charge is 2.38. The first kappa shape index (κ1) is 28.8. The number of hydrogen-bond donors (Lipinski definition) is 2. The van der Waals surface area contributed by atoms with Crippen LogP contribution >= 0.6 is 0 Å². The van der Waals surface area contributed by atoms with Gasteiger partial charge in [0.05, 0.1) is 22.7 Å². The fourth-order valence-corrected chi connectivity index (χ4v) is 5.14. The van der Waals surface area contributed by atoms with Crippen LogP contribution in [0.15, 0.2) is 133 Å². The fourth-order valence-electron chi connectivity index (χ4n) is 5.14. The number of nitrogens with zero attached hydrogens (tertiary/aromatic N) is 2.